The molecule has 4 nitrogen and oxygen atoms in total. The fourth-order valence-electron chi connectivity index (χ4n) is 1.84. The molecule has 0 bridgehead atoms. The van der Waals surface area contributed by atoms with Crippen molar-refractivity contribution in [1.82, 2.24) is 4.90 Å². The van der Waals surface area contributed by atoms with Crippen molar-refractivity contribution >= 4 is 27.5 Å². The minimum Gasteiger partial charge on any atom is -0.456 e. The Morgan fingerprint density at radius 2 is 1.86 bits per heavy atom. The molecule has 2 N–H and O–H groups in total. The molecule has 0 unspecified atom stereocenters. The van der Waals surface area contributed by atoms with Crippen molar-refractivity contribution in [2.45, 2.75) is 6.92 Å². The van der Waals surface area contributed by atoms with Crippen molar-refractivity contribution < 1.29 is 9.53 Å². The van der Waals surface area contributed by atoms with Gasteiger partial charge in [-0.05, 0) is 36.8 Å². The van der Waals surface area contributed by atoms with Crippen LogP contribution in [-0.4, -0.2) is 24.9 Å². The van der Waals surface area contributed by atoms with Gasteiger partial charge in [0.2, 0.25) is 0 Å². The van der Waals surface area contributed by atoms with E-state index in [4.69, 9.17) is 10.5 Å². The lowest BCUT2D eigenvalue weighted by Crippen LogP contribution is -2.22. The molecule has 2 aromatic rings. The maximum Gasteiger partial charge on any atom is 0.257 e. The Hall–Kier alpha value is -2.01. The van der Waals surface area contributed by atoms with Gasteiger partial charge in [0.05, 0.1) is 5.56 Å². The van der Waals surface area contributed by atoms with Crippen LogP contribution in [0.25, 0.3) is 0 Å². The van der Waals surface area contributed by atoms with Crippen molar-refractivity contribution in [2.24, 2.45) is 0 Å². The van der Waals surface area contributed by atoms with E-state index in [1.165, 1.54) is 4.90 Å². The third-order valence-corrected chi connectivity index (χ3v) is 3.51. The van der Waals surface area contributed by atoms with Crippen LogP contribution in [0, 0.1) is 6.92 Å². The second-order valence-electron chi connectivity index (χ2n) is 4.97. The van der Waals surface area contributed by atoms with Crippen LogP contribution in [0.3, 0.4) is 0 Å². The summed E-state index contributed by atoms with van der Waals surface area (Å²) < 4.78 is 6.83. The van der Waals surface area contributed by atoms with Gasteiger partial charge in [0.1, 0.15) is 11.5 Å². The number of nitrogens with two attached hydrogens (primary N) is 1. The van der Waals surface area contributed by atoms with Crippen LogP contribution >= 0.6 is 15.9 Å². The number of nitrogens with zero attached hydrogens (tertiary/aromatic N) is 1. The average molecular weight is 349 g/mol. The molecule has 2 rings (SSSR count). The maximum atomic E-state index is 12.2. The second kappa shape index (κ2) is 6.18. The predicted octanol–water partition coefficient (Wildman–Crippen LogP) is 3.83. The van der Waals surface area contributed by atoms with Gasteiger partial charge in [-0.25, -0.2) is 0 Å². The van der Waals surface area contributed by atoms with E-state index in [-0.39, 0.29) is 5.91 Å². The number of carbonyl (C=O) groups excluding carboxylic acids is 1. The summed E-state index contributed by atoms with van der Waals surface area (Å²) in [7, 11) is 3.40. The monoisotopic (exact) mass is 348 g/mol. The third kappa shape index (κ3) is 3.55. The number of nitrogen functional groups attached to an aromatic ring is 1. The lowest BCUT2D eigenvalue weighted by atomic mass is 10.1. The van der Waals surface area contributed by atoms with Crippen LogP contribution in [0.2, 0.25) is 0 Å². The Labute approximate surface area is 132 Å². The van der Waals surface area contributed by atoms with E-state index in [2.05, 4.69) is 15.9 Å². The molecule has 0 aliphatic heterocycles. The molecule has 1 amide bonds. The molecule has 0 atom stereocenters. The Balaban J connectivity index is 2.45. The molecule has 0 spiro atoms. The largest absolute Gasteiger partial charge is 0.456 e. The number of ether oxygens (including phenoxy) is 1. The van der Waals surface area contributed by atoms with Gasteiger partial charge in [0, 0.05) is 30.3 Å². The van der Waals surface area contributed by atoms with Crippen LogP contribution < -0.4 is 10.5 Å². The third-order valence-electron chi connectivity index (χ3n) is 3.01. The minimum absolute atomic E-state index is 0.127. The van der Waals surface area contributed by atoms with Crippen molar-refractivity contribution in [1.29, 1.82) is 0 Å². The standard InChI is InChI=1S/C16H17BrN2O2/c1-10-4-5-11(17)8-14(10)21-15-9-12(18)6-7-13(15)16(20)19(2)3/h4-9H,18H2,1-3H3. The van der Waals surface area contributed by atoms with Gasteiger partial charge < -0.3 is 15.4 Å². The topological polar surface area (TPSA) is 55.6 Å². The van der Waals surface area contributed by atoms with Gasteiger partial charge in [-0.15, -0.1) is 0 Å². The number of hydrogen-bond donors (Lipinski definition) is 1. The Kier molecular flexibility index (Phi) is 4.53. The highest BCUT2D eigenvalue weighted by Gasteiger charge is 2.16. The molecule has 5 heteroatoms. The van der Waals surface area contributed by atoms with E-state index >= 15 is 0 Å². The number of halogens is 1. The second-order valence-corrected chi connectivity index (χ2v) is 5.88. The fourth-order valence-corrected chi connectivity index (χ4v) is 2.18. The molecule has 0 saturated carbocycles. The molecule has 21 heavy (non-hydrogen) atoms. The van der Waals surface area contributed by atoms with Crippen LogP contribution in [0.5, 0.6) is 11.5 Å². The number of aryl methyl sites for hydroxylation is 1. The number of benzene rings is 2. The summed E-state index contributed by atoms with van der Waals surface area (Å²) in [6.45, 7) is 1.95. The van der Waals surface area contributed by atoms with Gasteiger partial charge >= 0.3 is 0 Å². The first-order valence-electron chi connectivity index (χ1n) is 6.43. The Morgan fingerprint density at radius 3 is 2.52 bits per heavy atom. The molecular formula is C16H17BrN2O2. The number of carbonyl (C=O) groups is 1. The molecule has 2 aromatic carbocycles. The highest BCUT2D eigenvalue weighted by atomic mass is 79.9. The highest BCUT2D eigenvalue weighted by Crippen LogP contribution is 2.32. The van der Waals surface area contributed by atoms with Crippen LogP contribution in [0.4, 0.5) is 5.69 Å². The quantitative estimate of drug-likeness (QED) is 0.857. The van der Waals surface area contributed by atoms with E-state index in [0.717, 1.165) is 10.0 Å². The normalized spacial score (nSPS) is 10.3. The first kappa shape index (κ1) is 15.4. The highest BCUT2D eigenvalue weighted by molar-refractivity contribution is 9.10. The summed E-state index contributed by atoms with van der Waals surface area (Å²) in [5.41, 5.74) is 7.82. The number of rotatable bonds is 3. The van der Waals surface area contributed by atoms with E-state index < -0.39 is 0 Å². The number of amides is 1. The van der Waals surface area contributed by atoms with Crippen LogP contribution in [0.1, 0.15) is 15.9 Å². The maximum absolute atomic E-state index is 12.2. The van der Waals surface area contributed by atoms with Crippen LogP contribution in [-0.2, 0) is 0 Å². The zero-order valence-electron chi connectivity index (χ0n) is 12.2. The zero-order valence-corrected chi connectivity index (χ0v) is 13.8. The van der Waals surface area contributed by atoms with E-state index in [1.54, 1.807) is 32.3 Å². The first-order chi connectivity index (χ1) is 9.88. The van der Waals surface area contributed by atoms with Gasteiger partial charge in [0.15, 0.2) is 0 Å². The Morgan fingerprint density at radius 1 is 1.14 bits per heavy atom. The van der Waals surface area contributed by atoms with Crippen LogP contribution in [0.15, 0.2) is 40.9 Å². The van der Waals surface area contributed by atoms with Crippen molar-refractivity contribution in [3.63, 3.8) is 0 Å². The number of anilines is 1. The number of hydrogen-bond acceptors (Lipinski definition) is 3. The molecule has 0 saturated heterocycles. The van der Waals surface area contributed by atoms with Gasteiger partial charge in [-0.3, -0.25) is 4.79 Å². The smallest absolute Gasteiger partial charge is 0.257 e. The predicted molar refractivity (Wildman–Crippen MR) is 87.8 cm³/mol. The Bertz CT molecular complexity index is 684. The summed E-state index contributed by atoms with van der Waals surface area (Å²) in [5.74, 6) is 1.01. The van der Waals surface area contributed by atoms with Crippen molar-refractivity contribution in [3.8, 4) is 11.5 Å². The van der Waals surface area contributed by atoms with E-state index in [0.29, 0.717) is 22.7 Å². The van der Waals surface area contributed by atoms with Gasteiger partial charge in [0.25, 0.3) is 5.91 Å². The molecule has 110 valence electrons. The molecule has 0 heterocycles. The zero-order chi connectivity index (χ0) is 15.6. The summed E-state index contributed by atoms with van der Waals surface area (Å²) in [4.78, 5) is 13.7. The van der Waals surface area contributed by atoms with Crippen molar-refractivity contribution in [3.05, 3.63) is 52.0 Å². The SMILES string of the molecule is Cc1ccc(Br)cc1Oc1cc(N)ccc1C(=O)N(C)C. The molecule has 0 aliphatic rings. The summed E-state index contributed by atoms with van der Waals surface area (Å²) in [6.07, 6.45) is 0. The summed E-state index contributed by atoms with van der Waals surface area (Å²) >= 11 is 3.41. The van der Waals surface area contributed by atoms with Gasteiger partial charge in [-0.1, -0.05) is 22.0 Å². The molecule has 0 fully saturated rings. The fraction of sp³-hybridized carbons (Fsp3) is 0.188. The van der Waals surface area contributed by atoms with Crippen molar-refractivity contribution in [2.75, 3.05) is 19.8 Å². The lowest BCUT2D eigenvalue weighted by Gasteiger charge is -2.16. The van der Waals surface area contributed by atoms with E-state index in [1.807, 2.05) is 25.1 Å². The molecule has 0 aromatic heterocycles. The lowest BCUT2D eigenvalue weighted by molar-refractivity contribution is 0.0825. The molecule has 0 aliphatic carbocycles. The average Bonchev–Trinajstić information content (AvgIpc) is 2.42. The molecular weight excluding hydrogens is 332 g/mol. The first-order valence-corrected chi connectivity index (χ1v) is 7.23. The minimum atomic E-state index is -0.127. The summed E-state index contributed by atoms with van der Waals surface area (Å²) in [5, 5.41) is 0. The van der Waals surface area contributed by atoms with E-state index in [9.17, 15) is 4.79 Å². The summed E-state index contributed by atoms with van der Waals surface area (Å²) in [6, 6.07) is 10.8. The van der Waals surface area contributed by atoms with Gasteiger partial charge in [-0.2, -0.15) is 0 Å². The molecule has 0 radical (unpaired) electrons.